The Hall–Kier alpha value is -4.22. The lowest BCUT2D eigenvalue weighted by atomic mass is 10.1. The maximum Gasteiger partial charge on any atom is 0.306 e. The molecule has 1 N–H and O–H groups in total. The summed E-state index contributed by atoms with van der Waals surface area (Å²) in [5.74, 6) is -0.650. The van der Waals surface area contributed by atoms with Gasteiger partial charge in [0.2, 0.25) is 0 Å². The van der Waals surface area contributed by atoms with Crippen LogP contribution in [0.4, 0.5) is 0 Å². The predicted molar refractivity (Wildman–Crippen MR) is 269 cm³/mol. The Morgan fingerprint density at radius 3 is 0.968 bits per heavy atom. The molecule has 0 bridgehead atoms. The Kier molecular flexibility index (Phi) is 47.7. The van der Waals surface area contributed by atoms with Crippen LogP contribution in [0.2, 0.25) is 0 Å². The van der Waals surface area contributed by atoms with E-state index in [9.17, 15) is 14.7 Å². The number of hydrogen-bond acceptors (Lipinski definition) is 5. The highest BCUT2D eigenvalue weighted by Crippen LogP contribution is 2.11. The van der Waals surface area contributed by atoms with E-state index in [1.54, 1.807) is 0 Å². The molecular weight excluding hydrogens is 765 g/mol. The quantitative estimate of drug-likeness (QED) is 0.0376. The van der Waals surface area contributed by atoms with E-state index in [1.807, 2.05) is 0 Å². The first kappa shape index (κ1) is 57.8. The van der Waals surface area contributed by atoms with Crippen molar-refractivity contribution in [3.8, 4) is 0 Å². The zero-order valence-electron chi connectivity index (χ0n) is 39.3. The second-order valence-corrected chi connectivity index (χ2v) is 15.4. The Bertz CT molecular complexity index is 1380. The summed E-state index contributed by atoms with van der Waals surface area (Å²) in [6.07, 6.45) is 77.8. The van der Waals surface area contributed by atoms with Crippen LogP contribution >= 0.6 is 0 Å². The molecule has 0 fully saturated rings. The van der Waals surface area contributed by atoms with Crippen LogP contribution in [0.15, 0.2) is 146 Å². The van der Waals surface area contributed by atoms with E-state index in [2.05, 4.69) is 160 Å². The Morgan fingerprint density at radius 1 is 0.371 bits per heavy atom. The third-order valence-electron chi connectivity index (χ3n) is 9.63. The molecule has 0 radical (unpaired) electrons. The summed E-state index contributed by atoms with van der Waals surface area (Å²) in [5, 5.41) is 9.61. The smallest absolute Gasteiger partial charge is 0.306 e. The van der Waals surface area contributed by atoms with Gasteiger partial charge in [0.1, 0.15) is 6.61 Å². The fourth-order valence-corrected chi connectivity index (χ4v) is 6.03. The number of aliphatic hydroxyl groups is 1. The molecule has 346 valence electrons. The molecule has 0 amide bonds. The van der Waals surface area contributed by atoms with Gasteiger partial charge >= 0.3 is 11.9 Å². The molecule has 0 aliphatic carbocycles. The number of rotatable bonds is 42. The van der Waals surface area contributed by atoms with Crippen molar-refractivity contribution in [2.24, 2.45) is 0 Å². The molecule has 0 saturated carbocycles. The Balaban J connectivity index is 3.69. The molecule has 0 rings (SSSR count). The predicted octanol–water partition coefficient (Wildman–Crippen LogP) is 16.3. The molecule has 1 unspecified atom stereocenters. The van der Waals surface area contributed by atoms with Crippen LogP contribution < -0.4 is 0 Å². The molecule has 0 aliphatic rings. The molecule has 5 nitrogen and oxygen atoms in total. The minimum Gasteiger partial charge on any atom is -0.462 e. The highest BCUT2D eigenvalue weighted by atomic mass is 16.6. The van der Waals surface area contributed by atoms with E-state index in [4.69, 9.17) is 9.47 Å². The van der Waals surface area contributed by atoms with E-state index >= 15 is 0 Å². The topological polar surface area (TPSA) is 72.8 Å². The van der Waals surface area contributed by atoms with E-state index < -0.39 is 6.10 Å². The van der Waals surface area contributed by atoms with E-state index in [1.165, 1.54) is 19.3 Å². The molecule has 0 aromatic heterocycles. The van der Waals surface area contributed by atoms with Gasteiger partial charge in [0.15, 0.2) is 6.10 Å². The fourth-order valence-electron chi connectivity index (χ4n) is 6.03. The number of ether oxygens (including phenoxy) is 2. The SMILES string of the molecule is CC/C=C\C/C=C\C/C=C\C/C=C\C/C=C\C/C=C\C/C=C\C/C=C\CCCCCCC(=O)OC(CO)COC(=O)CCCCCCCC/C=C\C/C=C\C/C=C\C/C=C\CC. The van der Waals surface area contributed by atoms with E-state index in [-0.39, 0.29) is 25.2 Å². The number of esters is 2. The van der Waals surface area contributed by atoms with Crippen molar-refractivity contribution in [2.75, 3.05) is 13.2 Å². The van der Waals surface area contributed by atoms with Crippen LogP contribution in [-0.4, -0.2) is 36.4 Å². The van der Waals surface area contributed by atoms with Gasteiger partial charge in [-0.1, -0.05) is 198 Å². The highest BCUT2D eigenvalue weighted by Gasteiger charge is 2.16. The molecule has 0 heterocycles. The van der Waals surface area contributed by atoms with Gasteiger partial charge in [0.25, 0.3) is 0 Å². The summed E-state index contributed by atoms with van der Waals surface area (Å²) in [6.45, 7) is 3.86. The second-order valence-electron chi connectivity index (χ2n) is 15.4. The van der Waals surface area contributed by atoms with Crippen LogP contribution in [0.3, 0.4) is 0 Å². The van der Waals surface area contributed by atoms with E-state index in [0.717, 1.165) is 135 Å². The first-order chi connectivity index (χ1) is 30.6. The maximum atomic E-state index is 12.3. The molecule has 0 aromatic rings. The van der Waals surface area contributed by atoms with Crippen molar-refractivity contribution in [1.29, 1.82) is 0 Å². The molecule has 0 saturated heterocycles. The number of unbranched alkanes of at least 4 members (excludes halogenated alkanes) is 10. The van der Waals surface area contributed by atoms with Crippen molar-refractivity contribution in [3.05, 3.63) is 146 Å². The first-order valence-corrected chi connectivity index (χ1v) is 24.4. The summed E-state index contributed by atoms with van der Waals surface area (Å²) < 4.78 is 10.6. The molecule has 0 aliphatic heterocycles. The minimum absolute atomic E-state index is 0.0948. The summed E-state index contributed by atoms with van der Waals surface area (Å²) in [6, 6.07) is 0. The van der Waals surface area contributed by atoms with Crippen LogP contribution in [0.25, 0.3) is 0 Å². The van der Waals surface area contributed by atoms with Gasteiger partial charge in [0.05, 0.1) is 6.61 Å². The minimum atomic E-state index is -0.804. The number of aliphatic hydroxyl groups excluding tert-OH is 1. The standard InChI is InChI=1S/C57H88O5/c1-3-5-7-9-11-13-15-17-19-21-23-24-25-26-27-28-29-30-31-32-34-36-38-40-42-44-46-48-50-52-57(60)62-55(53-58)54-61-56(59)51-49-47-45-43-41-39-37-35-33-22-20-18-16-14-12-10-8-6-4-2/h5-8,11-14,17-20,23-24,26-27,29-30,32-35,38,40,55,58H,3-4,9-10,15-16,21-22,25,28,31,36-37,39,41-54H2,1-2H3/b7-5-,8-6-,13-11-,14-12-,19-17-,20-18-,24-23-,27-26-,30-29-,34-32-,35-33-,40-38-. The number of carbonyl (C=O) groups excluding carboxylic acids is 2. The van der Waals surface area contributed by atoms with Crippen LogP contribution in [0.5, 0.6) is 0 Å². The normalized spacial score (nSPS) is 13.5. The third-order valence-corrected chi connectivity index (χ3v) is 9.63. The van der Waals surface area contributed by atoms with Gasteiger partial charge in [-0.25, -0.2) is 0 Å². The van der Waals surface area contributed by atoms with E-state index in [0.29, 0.717) is 12.8 Å². The van der Waals surface area contributed by atoms with Crippen molar-refractivity contribution in [3.63, 3.8) is 0 Å². The lowest BCUT2D eigenvalue weighted by molar-refractivity contribution is -0.161. The van der Waals surface area contributed by atoms with Gasteiger partial charge in [0, 0.05) is 12.8 Å². The molecule has 5 heteroatoms. The highest BCUT2D eigenvalue weighted by molar-refractivity contribution is 5.70. The zero-order valence-corrected chi connectivity index (χ0v) is 39.3. The summed E-state index contributed by atoms with van der Waals surface area (Å²) >= 11 is 0. The maximum absolute atomic E-state index is 12.3. The molecule has 1 atom stereocenters. The largest absolute Gasteiger partial charge is 0.462 e. The van der Waals surface area contributed by atoms with Crippen molar-refractivity contribution in [1.82, 2.24) is 0 Å². The number of carbonyl (C=O) groups is 2. The summed E-state index contributed by atoms with van der Waals surface area (Å²) in [7, 11) is 0. The van der Waals surface area contributed by atoms with Crippen molar-refractivity contribution in [2.45, 2.75) is 187 Å². The first-order valence-electron chi connectivity index (χ1n) is 24.4. The van der Waals surface area contributed by atoms with Gasteiger partial charge in [-0.15, -0.1) is 0 Å². The lowest BCUT2D eigenvalue weighted by Crippen LogP contribution is -2.28. The van der Waals surface area contributed by atoms with Gasteiger partial charge < -0.3 is 14.6 Å². The Morgan fingerprint density at radius 2 is 0.645 bits per heavy atom. The second kappa shape index (κ2) is 51.1. The molecular formula is C57H88O5. The Labute approximate surface area is 380 Å². The molecule has 62 heavy (non-hydrogen) atoms. The average Bonchev–Trinajstić information content (AvgIpc) is 3.28. The van der Waals surface area contributed by atoms with Crippen LogP contribution in [-0.2, 0) is 19.1 Å². The summed E-state index contributed by atoms with van der Waals surface area (Å²) in [4.78, 5) is 24.4. The lowest BCUT2D eigenvalue weighted by Gasteiger charge is -2.15. The summed E-state index contributed by atoms with van der Waals surface area (Å²) in [5.41, 5.74) is 0. The van der Waals surface area contributed by atoms with Crippen LogP contribution in [0.1, 0.15) is 181 Å². The third kappa shape index (κ3) is 48.4. The van der Waals surface area contributed by atoms with Crippen molar-refractivity contribution >= 4 is 11.9 Å². The number of hydrogen-bond donors (Lipinski definition) is 1. The zero-order chi connectivity index (χ0) is 44.9. The average molecular weight is 853 g/mol. The van der Waals surface area contributed by atoms with Gasteiger partial charge in [-0.2, -0.15) is 0 Å². The molecule has 0 spiro atoms. The fraction of sp³-hybridized carbons (Fsp3) is 0.544. The van der Waals surface area contributed by atoms with Gasteiger partial charge in [-0.05, 0) is 116 Å². The molecule has 0 aromatic carbocycles. The monoisotopic (exact) mass is 853 g/mol. The van der Waals surface area contributed by atoms with Gasteiger partial charge in [-0.3, -0.25) is 9.59 Å². The van der Waals surface area contributed by atoms with Crippen LogP contribution in [0, 0.1) is 0 Å². The van der Waals surface area contributed by atoms with Crippen molar-refractivity contribution < 1.29 is 24.2 Å². The number of allylic oxidation sites excluding steroid dienone is 24.